The molecule has 72 valence electrons. The Labute approximate surface area is 81.2 Å². The van der Waals surface area contributed by atoms with Gasteiger partial charge in [-0.05, 0) is 37.5 Å². The smallest absolute Gasteiger partial charge is 0.0342 e. The van der Waals surface area contributed by atoms with Crippen LogP contribution < -0.4 is 5.32 Å². The van der Waals surface area contributed by atoms with Crippen LogP contribution in [0.15, 0.2) is 24.3 Å². The molecule has 1 rings (SSSR count). The second-order valence-corrected chi connectivity index (χ2v) is 3.50. The Morgan fingerprint density at radius 3 is 2.23 bits per heavy atom. The van der Waals surface area contributed by atoms with Crippen molar-refractivity contribution in [1.29, 1.82) is 0 Å². The van der Waals surface area contributed by atoms with Crippen molar-refractivity contribution in [2.24, 2.45) is 0 Å². The first-order valence-electron chi connectivity index (χ1n) is 5.11. The fourth-order valence-corrected chi connectivity index (χ4v) is 1.22. The Kier molecular flexibility index (Phi) is 3.81. The second-order valence-electron chi connectivity index (χ2n) is 3.50. The van der Waals surface area contributed by atoms with Gasteiger partial charge >= 0.3 is 0 Å². The number of hydrogen-bond donors (Lipinski definition) is 1. The molecule has 0 aromatic heterocycles. The third-order valence-corrected chi connectivity index (χ3v) is 2.39. The molecule has 0 amide bonds. The minimum absolute atomic E-state index is 0.562. The van der Waals surface area contributed by atoms with E-state index in [9.17, 15) is 0 Å². The van der Waals surface area contributed by atoms with Crippen LogP contribution in [-0.4, -0.2) is 6.04 Å². The first kappa shape index (κ1) is 10.1. The molecule has 1 atom stereocenters. The summed E-state index contributed by atoms with van der Waals surface area (Å²) in [7, 11) is 0. The molecule has 0 aliphatic heterocycles. The van der Waals surface area contributed by atoms with Crippen LogP contribution in [0.2, 0.25) is 0 Å². The molecule has 0 unspecified atom stereocenters. The zero-order valence-electron chi connectivity index (χ0n) is 8.80. The molecule has 13 heavy (non-hydrogen) atoms. The van der Waals surface area contributed by atoms with Crippen LogP contribution in [0, 0.1) is 0 Å². The molecule has 0 bridgehead atoms. The van der Waals surface area contributed by atoms with Gasteiger partial charge < -0.3 is 5.32 Å². The van der Waals surface area contributed by atoms with Crippen molar-refractivity contribution in [3.05, 3.63) is 29.8 Å². The molecule has 1 heteroatoms. The lowest BCUT2D eigenvalue weighted by Gasteiger charge is -2.12. The molecule has 0 heterocycles. The Hall–Kier alpha value is -0.980. The summed E-state index contributed by atoms with van der Waals surface area (Å²) in [6.07, 6.45) is 2.28. The number of anilines is 1. The van der Waals surface area contributed by atoms with E-state index in [1.54, 1.807) is 0 Å². The molecule has 0 aliphatic rings. The van der Waals surface area contributed by atoms with E-state index in [-0.39, 0.29) is 0 Å². The molecular weight excluding hydrogens is 158 g/mol. The summed E-state index contributed by atoms with van der Waals surface area (Å²) in [6.45, 7) is 6.57. The third-order valence-electron chi connectivity index (χ3n) is 2.39. The molecule has 0 radical (unpaired) electrons. The molecule has 1 N–H and O–H groups in total. The van der Waals surface area contributed by atoms with E-state index < -0.39 is 0 Å². The topological polar surface area (TPSA) is 12.0 Å². The van der Waals surface area contributed by atoms with Crippen molar-refractivity contribution >= 4 is 5.69 Å². The fraction of sp³-hybridized carbons (Fsp3) is 0.500. The van der Waals surface area contributed by atoms with E-state index in [0.717, 1.165) is 12.8 Å². The Morgan fingerprint density at radius 2 is 1.77 bits per heavy atom. The second kappa shape index (κ2) is 4.90. The van der Waals surface area contributed by atoms with Gasteiger partial charge in [-0.25, -0.2) is 0 Å². The molecule has 0 saturated heterocycles. The number of benzene rings is 1. The third kappa shape index (κ3) is 3.10. The maximum atomic E-state index is 3.44. The van der Waals surface area contributed by atoms with Gasteiger partial charge in [-0.15, -0.1) is 0 Å². The van der Waals surface area contributed by atoms with Crippen LogP contribution in [0.3, 0.4) is 0 Å². The van der Waals surface area contributed by atoms with Crippen molar-refractivity contribution in [3.8, 4) is 0 Å². The highest BCUT2D eigenvalue weighted by Gasteiger charge is 1.97. The number of nitrogens with one attached hydrogen (secondary N) is 1. The van der Waals surface area contributed by atoms with Gasteiger partial charge in [0.05, 0.1) is 0 Å². The molecule has 0 spiro atoms. The minimum atomic E-state index is 0.562. The number of hydrogen-bond acceptors (Lipinski definition) is 1. The summed E-state index contributed by atoms with van der Waals surface area (Å²) >= 11 is 0. The van der Waals surface area contributed by atoms with E-state index in [2.05, 4.69) is 50.4 Å². The monoisotopic (exact) mass is 177 g/mol. The average Bonchev–Trinajstić information content (AvgIpc) is 2.19. The van der Waals surface area contributed by atoms with E-state index >= 15 is 0 Å². The van der Waals surface area contributed by atoms with Crippen LogP contribution in [-0.2, 0) is 6.42 Å². The SMILES string of the molecule is CCc1ccc(N[C@H](C)CC)cc1. The van der Waals surface area contributed by atoms with Gasteiger partial charge in [0.25, 0.3) is 0 Å². The highest BCUT2D eigenvalue weighted by atomic mass is 14.9. The van der Waals surface area contributed by atoms with Gasteiger partial charge in [0, 0.05) is 11.7 Å². The van der Waals surface area contributed by atoms with Crippen LogP contribution in [0.1, 0.15) is 32.8 Å². The minimum Gasteiger partial charge on any atom is -0.383 e. The first-order chi connectivity index (χ1) is 6.26. The molecular formula is C12H19N. The highest BCUT2D eigenvalue weighted by Crippen LogP contribution is 2.11. The Balaban J connectivity index is 2.58. The van der Waals surface area contributed by atoms with Gasteiger partial charge in [-0.2, -0.15) is 0 Å². The maximum absolute atomic E-state index is 3.44. The Morgan fingerprint density at radius 1 is 1.15 bits per heavy atom. The van der Waals surface area contributed by atoms with Crippen LogP contribution in [0.25, 0.3) is 0 Å². The first-order valence-corrected chi connectivity index (χ1v) is 5.11. The summed E-state index contributed by atoms with van der Waals surface area (Å²) in [5, 5.41) is 3.44. The van der Waals surface area contributed by atoms with Crippen molar-refractivity contribution in [2.45, 2.75) is 39.7 Å². The molecule has 1 nitrogen and oxygen atoms in total. The van der Waals surface area contributed by atoms with Gasteiger partial charge in [0.1, 0.15) is 0 Å². The van der Waals surface area contributed by atoms with Crippen molar-refractivity contribution in [1.82, 2.24) is 0 Å². The van der Waals surface area contributed by atoms with Crippen molar-refractivity contribution in [2.75, 3.05) is 5.32 Å². The normalized spacial score (nSPS) is 12.5. The lowest BCUT2D eigenvalue weighted by Crippen LogP contribution is -2.13. The Bertz CT molecular complexity index is 238. The van der Waals surface area contributed by atoms with Crippen LogP contribution in [0.4, 0.5) is 5.69 Å². The van der Waals surface area contributed by atoms with Gasteiger partial charge in [0.2, 0.25) is 0 Å². The highest BCUT2D eigenvalue weighted by molar-refractivity contribution is 5.45. The van der Waals surface area contributed by atoms with Gasteiger partial charge in [0.15, 0.2) is 0 Å². The predicted molar refractivity (Wildman–Crippen MR) is 59.2 cm³/mol. The predicted octanol–water partition coefficient (Wildman–Crippen LogP) is 3.46. The summed E-state index contributed by atoms with van der Waals surface area (Å²) in [4.78, 5) is 0. The summed E-state index contributed by atoms with van der Waals surface area (Å²) < 4.78 is 0. The van der Waals surface area contributed by atoms with E-state index in [1.807, 2.05) is 0 Å². The summed E-state index contributed by atoms with van der Waals surface area (Å²) in [6, 6.07) is 9.25. The number of aryl methyl sites for hydroxylation is 1. The zero-order chi connectivity index (χ0) is 9.68. The molecule has 1 aromatic carbocycles. The van der Waals surface area contributed by atoms with Crippen molar-refractivity contribution < 1.29 is 0 Å². The largest absolute Gasteiger partial charge is 0.383 e. The van der Waals surface area contributed by atoms with Crippen LogP contribution in [0.5, 0.6) is 0 Å². The molecule has 0 saturated carbocycles. The lowest BCUT2D eigenvalue weighted by molar-refractivity contribution is 0.764. The van der Waals surface area contributed by atoms with Gasteiger partial charge in [-0.3, -0.25) is 0 Å². The maximum Gasteiger partial charge on any atom is 0.0342 e. The summed E-state index contributed by atoms with van der Waals surface area (Å²) in [5.41, 5.74) is 2.63. The van der Waals surface area contributed by atoms with E-state index in [0.29, 0.717) is 6.04 Å². The van der Waals surface area contributed by atoms with E-state index in [4.69, 9.17) is 0 Å². The molecule has 0 fully saturated rings. The summed E-state index contributed by atoms with van der Waals surface area (Å²) in [5.74, 6) is 0. The average molecular weight is 177 g/mol. The zero-order valence-corrected chi connectivity index (χ0v) is 8.80. The fourth-order valence-electron chi connectivity index (χ4n) is 1.22. The van der Waals surface area contributed by atoms with E-state index in [1.165, 1.54) is 11.3 Å². The lowest BCUT2D eigenvalue weighted by atomic mass is 10.1. The quantitative estimate of drug-likeness (QED) is 0.742. The van der Waals surface area contributed by atoms with Crippen molar-refractivity contribution in [3.63, 3.8) is 0 Å². The molecule has 1 aromatic rings. The van der Waals surface area contributed by atoms with Gasteiger partial charge in [-0.1, -0.05) is 26.0 Å². The number of rotatable bonds is 4. The molecule has 0 aliphatic carbocycles. The standard InChI is InChI=1S/C12H19N/c1-4-10(3)13-12-8-6-11(5-2)7-9-12/h6-10,13H,4-5H2,1-3H3/t10-/m1/s1. The van der Waals surface area contributed by atoms with Crippen LogP contribution >= 0.6 is 0 Å².